The zero-order valence-electron chi connectivity index (χ0n) is 20.0. The van der Waals surface area contributed by atoms with Crippen molar-refractivity contribution in [2.75, 3.05) is 0 Å². The monoisotopic (exact) mass is 414 g/mol. The first-order valence-electron chi connectivity index (χ1n) is 13.3. The lowest BCUT2D eigenvalue weighted by Gasteiger charge is -2.58. The first kappa shape index (κ1) is 22.4. The van der Waals surface area contributed by atoms with Gasteiger partial charge < -0.3 is 4.74 Å². The van der Waals surface area contributed by atoms with Crippen molar-refractivity contribution in [2.24, 2.45) is 34.5 Å². The SMILES string of the molecule is CCCCCCCCC1CCC2C3CC=C4CC(OC=O)CCC4(C)C3CCC12C. The molecule has 0 aromatic heterocycles. The fourth-order valence-electron chi connectivity index (χ4n) is 8.58. The molecule has 170 valence electrons. The van der Waals surface area contributed by atoms with Gasteiger partial charge in [-0.1, -0.05) is 70.9 Å². The summed E-state index contributed by atoms with van der Waals surface area (Å²) in [4.78, 5) is 10.8. The molecular weight excluding hydrogens is 368 g/mol. The van der Waals surface area contributed by atoms with Crippen molar-refractivity contribution in [2.45, 2.75) is 123 Å². The average molecular weight is 415 g/mol. The molecule has 0 radical (unpaired) electrons. The number of fused-ring (bicyclic) bond motifs is 5. The van der Waals surface area contributed by atoms with Crippen LogP contribution in [0.5, 0.6) is 0 Å². The van der Waals surface area contributed by atoms with Crippen molar-refractivity contribution < 1.29 is 9.53 Å². The van der Waals surface area contributed by atoms with E-state index in [1.54, 1.807) is 5.57 Å². The molecule has 0 spiro atoms. The van der Waals surface area contributed by atoms with Gasteiger partial charge in [0.05, 0.1) is 0 Å². The quantitative estimate of drug-likeness (QED) is 0.218. The van der Waals surface area contributed by atoms with Gasteiger partial charge >= 0.3 is 0 Å². The fraction of sp³-hybridized carbons (Fsp3) is 0.893. The molecule has 0 saturated heterocycles. The summed E-state index contributed by atoms with van der Waals surface area (Å²) in [6.45, 7) is 8.20. The van der Waals surface area contributed by atoms with Gasteiger partial charge in [-0.05, 0) is 85.9 Å². The Kier molecular flexibility index (Phi) is 7.00. The van der Waals surface area contributed by atoms with E-state index in [0.29, 0.717) is 17.3 Å². The van der Waals surface area contributed by atoms with Gasteiger partial charge in [-0.2, -0.15) is 0 Å². The Morgan fingerprint density at radius 2 is 1.80 bits per heavy atom. The number of carbonyl (C=O) groups is 1. The van der Waals surface area contributed by atoms with E-state index < -0.39 is 0 Å². The van der Waals surface area contributed by atoms with Crippen molar-refractivity contribution in [3.63, 3.8) is 0 Å². The lowest BCUT2D eigenvalue weighted by Crippen LogP contribution is -2.50. The third-order valence-corrected chi connectivity index (χ3v) is 10.4. The fourth-order valence-corrected chi connectivity index (χ4v) is 8.58. The molecule has 7 unspecified atom stereocenters. The second-order valence-corrected chi connectivity index (χ2v) is 11.7. The standard InChI is InChI=1S/C28H46O2/c1-4-5-6-7-8-9-10-21-12-14-25-24-13-11-22-19-23(30-20-29)15-17-28(22,3)26(24)16-18-27(21,25)2/h11,20-21,23-26H,4-10,12-19H2,1-3H3. The summed E-state index contributed by atoms with van der Waals surface area (Å²) in [5.41, 5.74) is 2.58. The van der Waals surface area contributed by atoms with Crippen LogP contribution in [-0.2, 0) is 9.53 Å². The smallest absolute Gasteiger partial charge is 0.293 e. The average Bonchev–Trinajstić information content (AvgIpc) is 3.07. The highest BCUT2D eigenvalue weighted by Crippen LogP contribution is 2.66. The number of carbonyl (C=O) groups excluding carboxylic acids is 1. The third-order valence-electron chi connectivity index (χ3n) is 10.4. The van der Waals surface area contributed by atoms with Crippen molar-refractivity contribution >= 4 is 6.47 Å². The summed E-state index contributed by atoms with van der Waals surface area (Å²) >= 11 is 0. The first-order chi connectivity index (χ1) is 14.5. The highest BCUT2D eigenvalue weighted by Gasteiger charge is 2.58. The minimum atomic E-state index is 0.125. The molecule has 3 saturated carbocycles. The van der Waals surface area contributed by atoms with Gasteiger partial charge in [0.15, 0.2) is 0 Å². The zero-order chi connectivity index (χ0) is 21.2. The topological polar surface area (TPSA) is 26.3 Å². The van der Waals surface area contributed by atoms with Gasteiger partial charge in [0.25, 0.3) is 6.47 Å². The van der Waals surface area contributed by atoms with Crippen LogP contribution in [0.4, 0.5) is 0 Å². The molecule has 4 aliphatic carbocycles. The van der Waals surface area contributed by atoms with Crippen molar-refractivity contribution in [1.82, 2.24) is 0 Å². The van der Waals surface area contributed by atoms with Gasteiger partial charge in [-0.15, -0.1) is 0 Å². The number of hydrogen-bond donors (Lipinski definition) is 0. The molecule has 2 heteroatoms. The summed E-state index contributed by atoms with van der Waals surface area (Å²) in [5.74, 6) is 3.68. The Morgan fingerprint density at radius 3 is 2.60 bits per heavy atom. The van der Waals surface area contributed by atoms with Gasteiger partial charge in [0, 0.05) is 6.42 Å². The molecule has 0 N–H and O–H groups in total. The molecule has 0 heterocycles. The van der Waals surface area contributed by atoms with Crippen LogP contribution in [0.25, 0.3) is 0 Å². The van der Waals surface area contributed by atoms with Crippen LogP contribution in [0.2, 0.25) is 0 Å². The summed E-state index contributed by atoms with van der Waals surface area (Å²) < 4.78 is 5.36. The molecule has 0 bridgehead atoms. The van der Waals surface area contributed by atoms with Crippen molar-refractivity contribution in [3.8, 4) is 0 Å². The highest BCUT2D eigenvalue weighted by atomic mass is 16.5. The normalized spacial score (nSPS) is 42.6. The van der Waals surface area contributed by atoms with E-state index in [0.717, 1.165) is 36.5 Å². The van der Waals surface area contributed by atoms with Gasteiger partial charge in [0.2, 0.25) is 0 Å². The minimum Gasteiger partial charge on any atom is -0.464 e. The molecule has 2 nitrogen and oxygen atoms in total. The molecule has 4 aliphatic rings. The highest BCUT2D eigenvalue weighted by molar-refractivity contribution is 5.38. The maximum absolute atomic E-state index is 10.8. The lowest BCUT2D eigenvalue weighted by atomic mass is 9.47. The number of unbranched alkanes of at least 4 members (excludes halogenated alkanes) is 5. The molecule has 0 aromatic carbocycles. The molecule has 0 amide bonds. The van der Waals surface area contributed by atoms with Gasteiger partial charge in [-0.25, -0.2) is 0 Å². The van der Waals surface area contributed by atoms with Crippen LogP contribution >= 0.6 is 0 Å². The summed E-state index contributed by atoms with van der Waals surface area (Å²) in [5, 5.41) is 0. The maximum atomic E-state index is 10.8. The van der Waals surface area contributed by atoms with Crippen LogP contribution in [0, 0.1) is 34.5 Å². The van der Waals surface area contributed by atoms with Crippen LogP contribution in [0.15, 0.2) is 11.6 Å². The van der Waals surface area contributed by atoms with E-state index in [9.17, 15) is 4.79 Å². The molecule has 0 aromatic rings. The van der Waals surface area contributed by atoms with E-state index in [1.165, 1.54) is 83.5 Å². The minimum absolute atomic E-state index is 0.125. The summed E-state index contributed by atoms with van der Waals surface area (Å²) in [6.07, 6.45) is 23.2. The van der Waals surface area contributed by atoms with E-state index in [4.69, 9.17) is 4.74 Å². The van der Waals surface area contributed by atoms with E-state index >= 15 is 0 Å². The van der Waals surface area contributed by atoms with Crippen LogP contribution in [-0.4, -0.2) is 12.6 Å². The lowest BCUT2D eigenvalue weighted by molar-refractivity contribution is -0.136. The Morgan fingerprint density at radius 1 is 1.00 bits per heavy atom. The third kappa shape index (κ3) is 4.02. The Bertz CT molecular complexity index is 624. The number of hydrogen-bond acceptors (Lipinski definition) is 2. The van der Waals surface area contributed by atoms with Crippen LogP contribution < -0.4 is 0 Å². The number of rotatable bonds is 9. The molecule has 3 fully saturated rings. The zero-order valence-corrected chi connectivity index (χ0v) is 20.0. The Balaban J connectivity index is 1.39. The predicted octanol–water partition coefficient (Wildman–Crippen LogP) is 7.86. The van der Waals surface area contributed by atoms with E-state index in [-0.39, 0.29) is 6.10 Å². The van der Waals surface area contributed by atoms with Crippen molar-refractivity contribution in [3.05, 3.63) is 11.6 Å². The summed E-state index contributed by atoms with van der Waals surface area (Å²) in [6, 6.07) is 0. The van der Waals surface area contributed by atoms with Crippen molar-refractivity contribution in [1.29, 1.82) is 0 Å². The molecule has 4 rings (SSSR count). The number of ether oxygens (including phenoxy) is 1. The second kappa shape index (κ2) is 9.37. The Hall–Kier alpha value is -0.790. The predicted molar refractivity (Wildman–Crippen MR) is 124 cm³/mol. The largest absolute Gasteiger partial charge is 0.464 e. The summed E-state index contributed by atoms with van der Waals surface area (Å²) in [7, 11) is 0. The van der Waals surface area contributed by atoms with Gasteiger partial charge in [-0.3, -0.25) is 4.79 Å². The molecule has 7 atom stereocenters. The second-order valence-electron chi connectivity index (χ2n) is 11.7. The molecule has 0 aliphatic heterocycles. The molecular formula is C28H46O2. The number of allylic oxidation sites excluding steroid dienone is 1. The molecule has 30 heavy (non-hydrogen) atoms. The first-order valence-corrected chi connectivity index (χ1v) is 13.3. The Labute approximate surface area is 185 Å². The van der Waals surface area contributed by atoms with Crippen LogP contribution in [0.1, 0.15) is 117 Å². The van der Waals surface area contributed by atoms with E-state index in [2.05, 4.69) is 26.8 Å². The van der Waals surface area contributed by atoms with Crippen LogP contribution in [0.3, 0.4) is 0 Å². The maximum Gasteiger partial charge on any atom is 0.293 e. The van der Waals surface area contributed by atoms with Gasteiger partial charge in [0.1, 0.15) is 6.10 Å². The van der Waals surface area contributed by atoms with E-state index in [1.807, 2.05) is 0 Å².